The quantitative estimate of drug-likeness (QED) is 0.0195. The third-order valence-corrected chi connectivity index (χ3v) is 14.1. The van der Waals surface area contributed by atoms with Gasteiger partial charge in [0.05, 0.1) is 40.3 Å². The molecular formula is C80H127NO8. The number of unbranched alkanes of at least 4 members (excludes halogenated alkanes) is 17. The molecule has 500 valence electrons. The van der Waals surface area contributed by atoms with Crippen LogP contribution in [0.1, 0.15) is 245 Å². The van der Waals surface area contributed by atoms with Gasteiger partial charge in [-0.25, -0.2) is 0 Å². The first kappa shape index (κ1) is 83.4. The molecule has 0 fully saturated rings. The number of hydrogen-bond donors (Lipinski definition) is 0. The van der Waals surface area contributed by atoms with E-state index in [9.17, 15) is 19.5 Å². The van der Waals surface area contributed by atoms with Gasteiger partial charge in [0, 0.05) is 12.8 Å². The number of hydrogen-bond acceptors (Lipinski definition) is 8. The first-order valence-electron chi connectivity index (χ1n) is 34.9. The number of carbonyl (C=O) groups is 3. The van der Waals surface area contributed by atoms with E-state index in [2.05, 4.69) is 196 Å². The van der Waals surface area contributed by atoms with Gasteiger partial charge in [0.25, 0.3) is 0 Å². The Morgan fingerprint density at radius 2 is 0.607 bits per heavy atom. The summed E-state index contributed by atoms with van der Waals surface area (Å²) >= 11 is 0. The summed E-state index contributed by atoms with van der Waals surface area (Å²) in [5.41, 5.74) is 0. The molecule has 0 amide bonds. The van der Waals surface area contributed by atoms with E-state index in [-0.39, 0.29) is 38.6 Å². The van der Waals surface area contributed by atoms with Crippen molar-refractivity contribution < 1.29 is 42.9 Å². The second-order valence-electron chi connectivity index (χ2n) is 23.7. The van der Waals surface area contributed by atoms with Crippen molar-refractivity contribution >= 4 is 17.9 Å². The lowest BCUT2D eigenvalue weighted by Gasteiger charge is -2.26. The molecule has 0 aromatic heterocycles. The molecule has 0 aliphatic rings. The number of ether oxygens (including phenoxy) is 4. The fraction of sp³-hybridized carbons (Fsp3) is 0.588. The monoisotopic (exact) mass is 1230 g/mol. The largest absolute Gasteiger partial charge is 0.545 e. The van der Waals surface area contributed by atoms with Crippen LogP contribution in [0.15, 0.2) is 182 Å². The maximum Gasteiger partial charge on any atom is 0.306 e. The summed E-state index contributed by atoms with van der Waals surface area (Å²) in [5, 5.41) is 11.8. The molecule has 0 saturated carbocycles. The standard InChI is InChI=1S/C80H127NO8/c1-6-8-10-12-14-16-18-20-22-24-26-28-30-32-34-35-36-37-38-39-40-41-42-43-45-47-49-51-53-55-57-59-61-63-65-67-69-71-78(83)89-76(75-88-80(79(84)85)86-73-72-81(3,4)5)74-87-77(82)70-68-66-64-62-60-58-56-54-52-50-48-46-44-33-31-29-27-25-23-21-19-17-15-13-11-9-7-2/h8-11,14-17,20-23,26-29,32-34,36-37,39-40,42-44,47,49,53,55,76,80H,6-7,12-13,18-19,24-25,30-31,35,38,41,45-46,48,50-52,54,56-75H2,1-5H3/b10-8-,11-9-,16-14-,17-15-,22-20-,23-21-,28-26-,29-27-,34-32-,37-36-,40-39-,43-42-,44-33-,49-47-,55-53-. The normalized spacial score (nSPS) is 13.9. The van der Waals surface area contributed by atoms with E-state index in [4.69, 9.17) is 18.9 Å². The van der Waals surface area contributed by atoms with Gasteiger partial charge in [-0.05, 0) is 135 Å². The Kier molecular flexibility index (Phi) is 64.0. The highest BCUT2D eigenvalue weighted by Gasteiger charge is 2.22. The predicted molar refractivity (Wildman–Crippen MR) is 379 cm³/mol. The number of nitrogens with zero attached hydrogens (tertiary/aromatic N) is 1. The topological polar surface area (TPSA) is 111 Å². The Labute approximate surface area is 545 Å². The van der Waals surface area contributed by atoms with Gasteiger partial charge in [-0.2, -0.15) is 0 Å². The van der Waals surface area contributed by atoms with Crippen LogP contribution in [0.25, 0.3) is 0 Å². The lowest BCUT2D eigenvalue weighted by Crippen LogP contribution is -2.44. The second kappa shape index (κ2) is 68.3. The van der Waals surface area contributed by atoms with Crippen molar-refractivity contribution in [1.29, 1.82) is 0 Å². The molecule has 0 rings (SSSR count). The number of aliphatic carboxylic acids is 1. The van der Waals surface area contributed by atoms with Crippen LogP contribution >= 0.6 is 0 Å². The molecule has 9 heteroatoms. The molecular weight excluding hydrogens is 1100 g/mol. The van der Waals surface area contributed by atoms with Crippen molar-refractivity contribution in [3.05, 3.63) is 182 Å². The van der Waals surface area contributed by atoms with Crippen LogP contribution < -0.4 is 5.11 Å². The first-order chi connectivity index (χ1) is 43.6. The molecule has 2 unspecified atom stereocenters. The van der Waals surface area contributed by atoms with Crippen molar-refractivity contribution in [1.82, 2.24) is 0 Å². The predicted octanol–water partition coefficient (Wildman–Crippen LogP) is 20.7. The molecule has 0 aliphatic heterocycles. The molecule has 0 radical (unpaired) electrons. The van der Waals surface area contributed by atoms with Crippen molar-refractivity contribution in [3.8, 4) is 0 Å². The van der Waals surface area contributed by atoms with Crippen molar-refractivity contribution in [2.24, 2.45) is 0 Å². The summed E-state index contributed by atoms with van der Waals surface area (Å²) in [7, 11) is 5.91. The minimum absolute atomic E-state index is 0.134. The third kappa shape index (κ3) is 69.7. The minimum atomic E-state index is -1.64. The average Bonchev–Trinajstić information content (AvgIpc) is 3.70. The number of quaternary nitrogens is 1. The molecule has 0 aromatic rings. The van der Waals surface area contributed by atoms with Crippen LogP contribution in [0.2, 0.25) is 0 Å². The van der Waals surface area contributed by atoms with Crippen LogP contribution in [0, 0.1) is 0 Å². The lowest BCUT2D eigenvalue weighted by molar-refractivity contribution is -0.870. The summed E-state index contributed by atoms with van der Waals surface area (Å²) in [4.78, 5) is 37.5. The Balaban J connectivity index is 4.24. The highest BCUT2D eigenvalue weighted by atomic mass is 16.7. The molecule has 0 aromatic carbocycles. The minimum Gasteiger partial charge on any atom is -0.545 e. The zero-order valence-electron chi connectivity index (χ0n) is 57.0. The maximum absolute atomic E-state index is 12.9. The van der Waals surface area contributed by atoms with E-state index in [0.717, 1.165) is 167 Å². The highest BCUT2D eigenvalue weighted by Crippen LogP contribution is 2.15. The van der Waals surface area contributed by atoms with Crippen LogP contribution in [0.3, 0.4) is 0 Å². The smallest absolute Gasteiger partial charge is 0.306 e. The molecule has 0 spiro atoms. The summed E-state index contributed by atoms with van der Waals surface area (Å²) in [6.07, 6.45) is 101. The number of carboxylic acid groups (broad SMARTS) is 1. The zero-order valence-corrected chi connectivity index (χ0v) is 57.0. The number of allylic oxidation sites excluding steroid dienone is 30. The van der Waals surface area contributed by atoms with Gasteiger partial charge in [-0.1, -0.05) is 280 Å². The molecule has 0 aliphatic carbocycles. The lowest BCUT2D eigenvalue weighted by atomic mass is 10.0. The van der Waals surface area contributed by atoms with E-state index >= 15 is 0 Å². The first-order valence-corrected chi connectivity index (χ1v) is 34.9. The molecule has 0 N–H and O–H groups in total. The van der Waals surface area contributed by atoms with Gasteiger partial charge in [-0.3, -0.25) is 9.59 Å². The number of likely N-dealkylation sites (N-methyl/N-ethyl adjacent to an activating group) is 1. The number of rotatable bonds is 62. The average molecular weight is 1230 g/mol. The van der Waals surface area contributed by atoms with Crippen LogP contribution in [0.4, 0.5) is 0 Å². The SMILES string of the molecule is CC/C=C\C/C=C\C/C=C\C/C=C\C/C=C\C/C=C\C/C=C\C/C=C\C/C=C\C/C=C\CCCCCCCCC(=O)OC(COC(=O)CCCCCCCCCCCCC/C=C\C/C=C\C/C=C\C/C=C\C/C=C\CC)COC(OCC[N+](C)(C)C)C(=O)[O-]. The number of carbonyl (C=O) groups excluding carboxylic acids is 3. The van der Waals surface area contributed by atoms with Gasteiger partial charge in [0.1, 0.15) is 13.2 Å². The second-order valence-corrected chi connectivity index (χ2v) is 23.7. The summed E-state index contributed by atoms with van der Waals surface area (Å²) in [6.45, 7) is 4.48. The molecule has 0 heterocycles. The fourth-order valence-corrected chi connectivity index (χ4v) is 8.88. The zero-order chi connectivity index (χ0) is 64.7. The highest BCUT2D eigenvalue weighted by molar-refractivity contribution is 5.70. The van der Waals surface area contributed by atoms with Gasteiger partial charge < -0.3 is 33.3 Å². The Morgan fingerprint density at radius 3 is 0.899 bits per heavy atom. The Bertz CT molecular complexity index is 2120. The van der Waals surface area contributed by atoms with Crippen LogP contribution in [-0.4, -0.2) is 82.3 Å². The van der Waals surface area contributed by atoms with E-state index in [0.29, 0.717) is 17.4 Å². The summed E-state index contributed by atoms with van der Waals surface area (Å²) < 4.78 is 22.8. The third-order valence-electron chi connectivity index (χ3n) is 14.1. The van der Waals surface area contributed by atoms with E-state index in [1.54, 1.807) is 0 Å². The Hall–Kier alpha value is -5.61. The van der Waals surface area contributed by atoms with Gasteiger partial charge in [-0.15, -0.1) is 0 Å². The number of esters is 2. The summed E-state index contributed by atoms with van der Waals surface area (Å²) in [6, 6.07) is 0. The molecule has 0 bridgehead atoms. The van der Waals surface area contributed by atoms with Crippen LogP contribution in [-0.2, 0) is 33.3 Å². The van der Waals surface area contributed by atoms with Crippen molar-refractivity contribution in [3.63, 3.8) is 0 Å². The van der Waals surface area contributed by atoms with E-state index in [1.165, 1.54) is 44.9 Å². The molecule has 0 saturated heterocycles. The van der Waals surface area contributed by atoms with Gasteiger partial charge in [0.15, 0.2) is 12.4 Å². The molecule has 89 heavy (non-hydrogen) atoms. The number of carboxylic acids is 1. The van der Waals surface area contributed by atoms with Gasteiger partial charge >= 0.3 is 11.9 Å². The van der Waals surface area contributed by atoms with Crippen molar-refractivity contribution in [2.45, 2.75) is 257 Å². The van der Waals surface area contributed by atoms with Crippen LogP contribution in [0.5, 0.6) is 0 Å². The molecule has 2 atom stereocenters. The Morgan fingerprint density at radius 1 is 0.337 bits per heavy atom. The van der Waals surface area contributed by atoms with E-state index in [1.807, 2.05) is 21.1 Å². The maximum atomic E-state index is 12.9. The van der Waals surface area contributed by atoms with Gasteiger partial charge in [0.2, 0.25) is 0 Å². The van der Waals surface area contributed by atoms with Crippen molar-refractivity contribution in [2.75, 3.05) is 47.5 Å². The fourth-order valence-electron chi connectivity index (χ4n) is 8.88. The molecule has 9 nitrogen and oxygen atoms in total. The van der Waals surface area contributed by atoms with E-state index < -0.39 is 24.3 Å². The summed E-state index contributed by atoms with van der Waals surface area (Å²) in [5.74, 6) is -2.32.